The molecule has 2 aliphatic heterocycles. The van der Waals surface area contributed by atoms with Crippen LogP contribution in [0.15, 0.2) is 9.90 Å². The molecule has 2 fully saturated rings. The van der Waals surface area contributed by atoms with Gasteiger partial charge in [0.1, 0.15) is 0 Å². The fourth-order valence-electron chi connectivity index (χ4n) is 3.31. The van der Waals surface area contributed by atoms with Gasteiger partial charge in [-0.1, -0.05) is 5.16 Å². The molecule has 0 radical (unpaired) electrons. The van der Waals surface area contributed by atoms with E-state index in [0.29, 0.717) is 35.9 Å². The lowest BCUT2D eigenvalue weighted by Gasteiger charge is -2.15. The molecule has 0 bridgehead atoms. The van der Waals surface area contributed by atoms with Gasteiger partial charge in [-0.3, -0.25) is 5.32 Å². The Morgan fingerprint density at radius 2 is 2.36 bits per heavy atom. The second-order valence-electron chi connectivity index (χ2n) is 6.61. The van der Waals surface area contributed by atoms with E-state index < -0.39 is 0 Å². The van der Waals surface area contributed by atoms with Crippen molar-refractivity contribution in [2.75, 3.05) is 31.6 Å². The number of thiazole rings is 1. The normalized spacial score (nSPS) is 23.3. The van der Waals surface area contributed by atoms with Crippen molar-refractivity contribution in [3.05, 3.63) is 22.8 Å². The maximum absolute atomic E-state index is 12.4. The number of ether oxygens (including phenoxy) is 1. The molecule has 2 atom stereocenters. The highest BCUT2D eigenvalue weighted by Gasteiger charge is 2.30. The van der Waals surface area contributed by atoms with E-state index in [-0.39, 0.29) is 11.9 Å². The smallest absolute Gasteiger partial charge is 0.323 e. The van der Waals surface area contributed by atoms with Crippen molar-refractivity contribution in [2.24, 2.45) is 5.92 Å². The first-order valence-corrected chi connectivity index (χ1v) is 9.43. The van der Waals surface area contributed by atoms with Crippen molar-refractivity contribution in [3.63, 3.8) is 0 Å². The Bertz CT molecular complexity index is 740. The number of aromatic nitrogens is 3. The van der Waals surface area contributed by atoms with Gasteiger partial charge in [-0.15, -0.1) is 11.3 Å². The van der Waals surface area contributed by atoms with Crippen LogP contribution in [0.5, 0.6) is 0 Å². The third-order valence-corrected chi connectivity index (χ3v) is 5.48. The second kappa shape index (κ2) is 7.09. The van der Waals surface area contributed by atoms with Gasteiger partial charge >= 0.3 is 6.03 Å². The maximum Gasteiger partial charge on any atom is 0.323 e. The Kier molecular flexibility index (Phi) is 4.67. The first kappa shape index (κ1) is 16.5. The van der Waals surface area contributed by atoms with Crippen molar-refractivity contribution in [1.29, 1.82) is 0 Å². The average molecular weight is 363 g/mol. The molecule has 25 heavy (non-hydrogen) atoms. The van der Waals surface area contributed by atoms with E-state index in [0.717, 1.165) is 38.2 Å². The van der Waals surface area contributed by atoms with Gasteiger partial charge in [0.2, 0.25) is 5.89 Å². The van der Waals surface area contributed by atoms with Gasteiger partial charge in [-0.05, 0) is 25.2 Å². The highest BCUT2D eigenvalue weighted by Crippen LogP contribution is 2.26. The van der Waals surface area contributed by atoms with E-state index in [1.165, 1.54) is 11.3 Å². The molecular formula is C16H21N5O3S. The van der Waals surface area contributed by atoms with Crippen molar-refractivity contribution >= 4 is 22.5 Å². The molecule has 2 aromatic rings. The molecule has 8 nitrogen and oxygen atoms in total. The molecule has 2 unspecified atom stereocenters. The lowest BCUT2D eigenvalue weighted by atomic mass is 10.0. The first-order valence-electron chi connectivity index (χ1n) is 8.55. The number of anilines is 1. The summed E-state index contributed by atoms with van der Waals surface area (Å²) in [6.07, 6.45) is 2.84. The van der Waals surface area contributed by atoms with E-state index in [2.05, 4.69) is 20.4 Å². The molecule has 0 aliphatic carbocycles. The quantitative estimate of drug-likeness (QED) is 0.897. The van der Waals surface area contributed by atoms with Crippen LogP contribution in [0, 0.1) is 12.8 Å². The van der Waals surface area contributed by atoms with Crippen LogP contribution in [0.1, 0.15) is 36.2 Å². The Hall–Kier alpha value is -2.00. The molecule has 2 aromatic heterocycles. The lowest BCUT2D eigenvalue weighted by Crippen LogP contribution is -2.32. The number of likely N-dealkylation sites (tertiary alicyclic amines) is 1. The molecule has 1 N–H and O–H groups in total. The summed E-state index contributed by atoms with van der Waals surface area (Å²) in [5.41, 5.74) is 1.03. The van der Waals surface area contributed by atoms with Gasteiger partial charge in [-0.2, -0.15) is 4.98 Å². The molecule has 0 aromatic carbocycles. The summed E-state index contributed by atoms with van der Waals surface area (Å²) in [6.45, 7) is 4.70. The number of nitrogens with zero attached hydrogens (tertiary/aromatic N) is 4. The van der Waals surface area contributed by atoms with Gasteiger partial charge in [-0.25, -0.2) is 9.78 Å². The number of urea groups is 1. The Labute approximate surface area is 149 Å². The standard InChI is InChI=1S/C16H21N5O3S/c1-10-17-14(20-24-10)12-2-4-21(7-12)16(22)19-15-18-13(9-25-15)6-11-3-5-23-8-11/h9,11-12H,2-8H2,1H3,(H,18,19,22). The lowest BCUT2D eigenvalue weighted by molar-refractivity contribution is 0.185. The van der Waals surface area contributed by atoms with Crippen LogP contribution in [0.3, 0.4) is 0 Å². The summed E-state index contributed by atoms with van der Waals surface area (Å²) in [5, 5.41) is 9.54. The zero-order valence-electron chi connectivity index (χ0n) is 14.1. The molecular weight excluding hydrogens is 342 g/mol. The predicted molar refractivity (Wildman–Crippen MR) is 91.7 cm³/mol. The molecule has 0 saturated carbocycles. The minimum atomic E-state index is -0.118. The fourth-order valence-corrected chi connectivity index (χ4v) is 4.02. The molecule has 134 valence electrons. The summed E-state index contributed by atoms with van der Waals surface area (Å²) >= 11 is 1.47. The monoisotopic (exact) mass is 363 g/mol. The zero-order chi connectivity index (χ0) is 17.2. The number of hydrogen-bond acceptors (Lipinski definition) is 7. The van der Waals surface area contributed by atoms with Crippen molar-refractivity contribution < 1.29 is 14.1 Å². The van der Waals surface area contributed by atoms with Crippen LogP contribution in [-0.2, 0) is 11.2 Å². The molecule has 4 rings (SSSR count). The van der Waals surface area contributed by atoms with E-state index in [1.807, 2.05) is 5.38 Å². The highest BCUT2D eigenvalue weighted by molar-refractivity contribution is 7.13. The third kappa shape index (κ3) is 3.82. The van der Waals surface area contributed by atoms with E-state index in [1.54, 1.807) is 11.8 Å². The highest BCUT2D eigenvalue weighted by atomic mass is 32.1. The van der Waals surface area contributed by atoms with Crippen LogP contribution in [0.4, 0.5) is 9.93 Å². The van der Waals surface area contributed by atoms with Crippen LogP contribution in [-0.4, -0.2) is 52.4 Å². The number of carbonyl (C=O) groups excluding carboxylic acids is 1. The van der Waals surface area contributed by atoms with Crippen LogP contribution in [0.25, 0.3) is 0 Å². The number of rotatable bonds is 4. The number of hydrogen-bond donors (Lipinski definition) is 1. The fraction of sp³-hybridized carbons (Fsp3) is 0.625. The summed E-state index contributed by atoms with van der Waals surface area (Å²) in [6, 6.07) is -0.118. The predicted octanol–water partition coefficient (Wildman–Crippen LogP) is 2.43. The van der Waals surface area contributed by atoms with Crippen molar-refractivity contribution in [1.82, 2.24) is 20.0 Å². The van der Waals surface area contributed by atoms with Crippen molar-refractivity contribution in [2.45, 2.75) is 32.1 Å². The van der Waals surface area contributed by atoms with E-state index in [4.69, 9.17) is 9.26 Å². The van der Waals surface area contributed by atoms with E-state index in [9.17, 15) is 4.79 Å². The van der Waals surface area contributed by atoms with E-state index >= 15 is 0 Å². The summed E-state index contributed by atoms with van der Waals surface area (Å²) < 4.78 is 10.4. The number of aryl methyl sites for hydroxylation is 1. The number of carbonyl (C=O) groups is 1. The van der Waals surface area contributed by atoms with Gasteiger partial charge in [0.05, 0.1) is 5.69 Å². The van der Waals surface area contributed by atoms with Gasteiger partial charge in [0, 0.05) is 44.5 Å². The zero-order valence-corrected chi connectivity index (χ0v) is 14.9. The Morgan fingerprint density at radius 1 is 1.44 bits per heavy atom. The SMILES string of the molecule is Cc1nc(C2CCN(C(=O)Nc3nc(CC4CCOC4)cs3)C2)no1. The Balaban J connectivity index is 1.31. The summed E-state index contributed by atoms with van der Waals surface area (Å²) in [4.78, 5) is 23.0. The van der Waals surface area contributed by atoms with Crippen LogP contribution < -0.4 is 5.32 Å². The largest absolute Gasteiger partial charge is 0.381 e. The van der Waals surface area contributed by atoms with Crippen molar-refractivity contribution in [3.8, 4) is 0 Å². The maximum atomic E-state index is 12.4. The van der Waals surface area contributed by atoms with Gasteiger partial charge in [0.25, 0.3) is 0 Å². The number of amides is 2. The second-order valence-corrected chi connectivity index (χ2v) is 7.47. The van der Waals surface area contributed by atoms with Gasteiger partial charge < -0.3 is 14.2 Å². The van der Waals surface area contributed by atoms with Crippen LogP contribution in [0.2, 0.25) is 0 Å². The first-order chi connectivity index (χ1) is 12.2. The topological polar surface area (TPSA) is 93.4 Å². The third-order valence-electron chi connectivity index (χ3n) is 4.67. The number of nitrogens with one attached hydrogen (secondary N) is 1. The molecule has 2 amide bonds. The summed E-state index contributed by atoms with van der Waals surface area (Å²) in [5.74, 6) is 1.92. The molecule has 2 aliphatic rings. The molecule has 4 heterocycles. The molecule has 0 spiro atoms. The summed E-state index contributed by atoms with van der Waals surface area (Å²) in [7, 11) is 0. The van der Waals surface area contributed by atoms with Gasteiger partial charge in [0.15, 0.2) is 11.0 Å². The Morgan fingerprint density at radius 3 is 3.12 bits per heavy atom. The minimum absolute atomic E-state index is 0.118. The van der Waals surface area contributed by atoms with Crippen LogP contribution >= 0.6 is 11.3 Å². The molecule has 9 heteroatoms. The average Bonchev–Trinajstić information content (AvgIpc) is 3.34. The minimum Gasteiger partial charge on any atom is -0.381 e. The molecule has 2 saturated heterocycles.